The van der Waals surface area contributed by atoms with Crippen molar-refractivity contribution in [2.24, 2.45) is 0 Å². The third kappa shape index (κ3) is 3.93. The van der Waals surface area contributed by atoms with E-state index in [-0.39, 0.29) is 30.3 Å². The van der Waals surface area contributed by atoms with Crippen molar-refractivity contribution in [3.8, 4) is 5.75 Å². The third-order valence-electron chi connectivity index (χ3n) is 4.29. The highest BCUT2D eigenvalue weighted by Crippen LogP contribution is 2.29. The highest BCUT2D eigenvalue weighted by Gasteiger charge is 2.36. The van der Waals surface area contributed by atoms with Crippen LogP contribution in [0, 0.1) is 0 Å². The van der Waals surface area contributed by atoms with E-state index in [0.29, 0.717) is 13.1 Å². The summed E-state index contributed by atoms with van der Waals surface area (Å²) >= 11 is 0. The van der Waals surface area contributed by atoms with Crippen LogP contribution in [0.2, 0.25) is 0 Å². The maximum absolute atomic E-state index is 12.5. The van der Waals surface area contributed by atoms with E-state index in [1.54, 1.807) is 12.0 Å². The number of benzene rings is 1. The van der Waals surface area contributed by atoms with Crippen molar-refractivity contribution < 1.29 is 14.3 Å². The lowest BCUT2D eigenvalue weighted by atomic mass is 9.94. The molecule has 0 saturated carbocycles. The van der Waals surface area contributed by atoms with E-state index in [1.165, 1.54) is 17.9 Å². The third-order valence-corrected chi connectivity index (χ3v) is 4.29. The summed E-state index contributed by atoms with van der Waals surface area (Å²) in [5.74, 6) is 0.592. The number of aromatic nitrogens is 4. The molecule has 25 heavy (non-hydrogen) atoms. The number of methoxy groups -OCH3 is 1. The van der Waals surface area contributed by atoms with E-state index >= 15 is 0 Å². The van der Waals surface area contributed by atoms with Crippen molar-refractivity contribution in [1.82, 2.24) is 30.4 Å². The van der Waals surface area contributed by atoms with Crippen LogP contribution in [0.15, 0.2) is 30.6 Å². The first-order valence-electron chi connectivity index (χ1n) is 7.96. The molecule has 2 aromatic rings. The number of nitrogens with zero attached hydrogens (tertiary/aromatic N) is 5. The van der Waals surface area contributed by atoms with Crippen LogP contribution < -0.4 is 10.1 Å². The number of carbonyl (C=O) groups excluding carboxylic acids is 2. The molecule has 1 N–H and O–H groups in total. The number of hydrogen-bond acceptors (Lipinski definition) is 6. The highest BCUT2D eigenvalue weighted by molar-refractivity contribution is 5.77. The molecule has 0 spiro atoms. The second-order valence-electron chi connectivity index (χ2n) is 5.99. The number of rotatable bonds is 5. The molecule has 1 fully saturated rings. The number of tetrazole rings is 1. The Balaban J connectivity index is 1.75. The highest BCUT2D eigenvalue weighted by atomic mass is 16.5. The molecule has 0 aliphatic carbocycles. The van der Waals surface area contributed by atoms with E-state index in [2.05, 4.69) is 20.8 Å². The molecule has 1 aromatic heterocycles. The number of ether oxygens (including phenoxy) is 1. The topological polar surface area (TPSA) is 102 Å². The van der Waals surface area contributed by atoms with Crippen molar-refractivity contribution in [3.63, 3.8) is 0 Å². The van der Waals surface area contributed by atoms with Crippen LogP contribution in [-0.2, 0) is 16.1 Å². The standard InChI is InChI=1S/C16H20N6O3/c1-11(23)18-15-8-21(16(24)9-22-10-17-19-20-22)7-14(15)12-3-5-13(25-2)6-4-12/h3-6,10,14-15H,7-9H2,1-2H3,(H,18,23)/t14-,15+/m0/s1. The Morgan fingerprint density at radius 3 is 2.64 bits per heavy atom. The zero-order valence-corrected chi connectivity index (χ0v) is 14.1. The molecule has 9 nitrogen and oxygen atoms in total. The molecule has 0 radical (unpaired) electrons. The molecule has 1 aromatic carbocycles. The van der Waals surface area contributed by atoms with Gasteiger partial charge in [-0.25, -0.2) is 4.68 Å². The predicted octanol–water partition coefficient (Wildman–Crippen LogP) is -0.188. The van der Waals surface area contributed by atoms with Crippen LogP contribution in [-0.4, -0.2) is 63.2 Å². The summed E-state index contributed by atoms with van der Waals surface area (Å²) in [4.78, 5) is 25.8. The number of nitrogens with one attached hydrogen (secondary N) is 1. The lowest BCUT2D eigenvalue weighted by Gasteiger charge is -2.19. The van der Waals surface area contributed by atoms with E-state index < -0.39 is 0 Å². The van der Waals surface area contributed by atoms with Crippen molar-refractivity contribution in [2.75, 3.05) is 20.2 Å². The summed E-state index contributed by atoms with van der Waals surface area (Å²) in [6, 6.07) is 7.56. The van der Waals surface area contributed by atoms with Crippen LogP contribution in [0.25, 0.3) is 0 Å². The Bertz CT molecular complexity index is 731. The van der Waals surface area contributed by atoms with Gasteiger partial charge < -0.3 is 15.0 Å². The monoisotopic (exact) mass is 344 g/mol. The second-order valence-corrected chi connectivity index (χ2v) is 5.99. The molecule has 1 aliphatic heterocycles. The van der Waals surface area contributed by atoms with Crippen LogP contribution in [0.1, 0.15) is 18.4 Å². The normalized spacial score (nSPS) is 19.7. The van der Waals surface area contributed by atoms with Gasteiger partial charge >= 0.3 is 0 Å². The van der Waals surface area contributed by atoms with E-state index in [9.17, 15) is 9.59 Å². The van der Waals surface area contributed by atoms with Crippen LogP contribution >= 0.6 is 0 Å². The van der Waals surface area contributed by atoms with Gasteiger partial charge in [0.1, 0.15) is 18.6 Å². The Kier molecular flexibility index (Phi) is 4.92. The van der Waals surface area contributed by atoms with Crippen molar-refractivity contribution >= 4 is 11.8 Å². The van der Waals surface area contributed by atoms with E-state index in [4.69, 9.17) is 4.74 Å². The Hall–Kier alpha value is -2.97. The zero-order valence-electron chi connectivity index (χ0n) is 14.1. The van der Waals surface area contributed by atoms with Gasteiger partial charge in [0.25, 0.3) is 0 Å². The first kappa shape index (κ1) is 16.9. The van der Waals surface area contributed by atoms with Crippen LogP contribution in [0.3, 0.4) is 0 Å². The minimum Gasteiger partial charge on any atom is -0.497 e. The van der Waals surface area contributed by atoms with Crippen molar-refractivity contribution in [3.05, 3.63) is 36.2 Å². The van der Waals surface area contributed by atoms with E-state index in [0.717, 1.165) is 11.3 Å². The number of amides is 2. The fourth-order valence-electron chi connectivity index (χ4n) is 3.09. The zero-order chi connectivity index (χ0) is 17.8. The van der Waals surface area contributed by atoms with E-state index in [1.807, 2.05) is 24.3 Å². The summed E-state index contributed by atoms with van der Waals surface area (Å²) in [6.07, 6.45) is 1.40. The molecule has 2 heterocycles. The lowest BCUT2D eigenvalue weighted by Crippen LogP contribution is -2.39. The lowest BCUT2D eigenvalue weighted by molar-refractivity contribution is -0.131. The summed E-state index contributed by atoms with van der Waals surface area (Å²) in [5, 5.41) is 13.7. The summed E-state index contributed by atoms with van der Waals surface area (Å²) in [6.45, 7) is 2.54. The fraction of sp³-hybridized carbons (Fsp3) is 0.438. The molecule has 0 unspecified atom stereocenters. The minimum absolute atomic E-state index is 0.0210. The first-order valence-corrected chi connectivity index (χ1v) is 7.96. The summed E-state index contributed by atoms with van der Waals surface area (Å²) in [5.41, 5.74) is 1.05. The average molecular weight is 344 g/mol. The van der Waals surface area contributed by atoms with Crippen molar-refractivity contribution in [1.29, 1.82) is 0 Å². The van der Waals surface area contributed by atoms with Crippen LogP contribution in [0.5, 0.6) is 5.75 Å². The van der Waals surface area contributed by atoms with Gasteiger partial charge in [0.15, 0.2) is 0 Å². The molecule has 3 rings (SSSR count). The van der Waals surface area contributed by atoms with Gasteiger partial charge in [-0.15, -0.1) is 5.10 Å². The largest absolute Gasteiger partial charge is 0.497 e. The Morgan fingerprint density at radius 1 is 1.28 bits per heavy atom. The molecule has 2 atom stereocenters. The van der Waals surface area contributed by atoms with Crippen molar-refractivity contribution in [2.45, 2.75) is 25.4 Å². The molecule has 1 saturated heterocycles. The molecule has 0 bridgehead atoms. The van der Waals surface area contributed by atoms with Gasteiger partial charge in [-0.2, -0.15) is 0 Å². The van der Waals surface area contributed by atoms with Gasteiger partial charge in [0.05, 0.1) is 13.2 Å². The molecule has 2 amide bonds. The SMILES string of the molecule is COc1ccc([C@@H]2CN(C(=O)Cn3cnnn3)C[C@H]2NC(C)=O)cc1. The van der Waals surface area contributed by atoms with Gasteiger partial charge in [-0.3, -0.25) is 9.59 Å². The predicted molar refractivity (Wildman–Crippen MR) is 87.7 cm³/mol. The Morgan fingerprint density at radius 2 is 2.04 bits per heavy atom. The first-order chi connectivity index (χ1) is 12.1. The van der Waals surface area contributed by atoms with Gasteiger partial charge in [0.2, 0.25) is 11.8 Å². The maximum atomic E-state index is 12.5. The second kappa shape index (κ2) is 7.29. The fourth-order valence-corrected chi connectivity index (χ4v) is 3.09. The number of hydrogen-bond donors (Lipinski definition) is 1. The summed E-state index contributed by atoms with van der Waals surface area (Å²) < 4.78 is 6.57. The summed E-state index contributed by atoms with van der Waals surface area (Å²) in [7, 11) is 1.62. The van der Waals surface area contributed by atoms with Crippen LogP contribution in [0.4, 0.5) is 0 Å². The number of likely N-dealkylation sites (tertiary alicyclic amines) is 1. The molecular weight excluding hydrogens is 324 g/mol. The minimum atomic E-state index is -0.135. The Labute approximate surface area is 144 Å². The van der Waals surface area contributed by atoms with Gasteiger partial charge in [0, 0.05) is 25.9 Å². The molecule has 1 aliphatic rings. The maximum Gasteiger partial charge on any atom is 0.244 e. The molecule has 9 heteroatoms. The quantitative estimate of drug-likeness (QED) is 0.807. The number of carbonyl (C=O) groups is 2. The average Bonchev–Trinajstić information content (AvgIpc) is 3.24. The molecule has 132 valence electrons. The molecular formula is C16H20N6O3. The smallest absolute Gasteiger partial charge is 0.244 e. The van der Waals surface area contributed by atoms with Gasteiger partial charge in [-0.05, 0) is 28.1 Å². The van der Waals surface area contributed by atoms with Gasteiger partial charge in [-0.1, -0.05) is 12.1 Å².